The summed E-state index contributed by atoms with van der Waals surface area (Å²) in [6.07, 6.45) is 5.99. The van der Waals surface area contributed by atoms with Crippen LogP contribution in [0.5, 0.6) is 0 Å². The Hall–Kier alpha value is -3.23. The Bertz CT molecular complexity index is 872. The molecule has 9 heteroatoms. The van der Waals surface area contributed by atoms with Crippen LogP contribution in [-0.4, -0.2) is 39.8 Å². The van der Waals surface area contributed by atoms with Crippen molar-refractivity contribution in [3.8, 4) is 0 Å². The Balaban J connectivity index is 1.87. The Morgan fingerprint density at radius 3 is 2.75 bits per heavy atom. The third kappa shape index (κ3) is 4.36. The standard InChI is InChI=1S/C19H21N3O6/c1-27-19(24)16-12-28-17(20-16)11-21(14-7-3-2-4-8-14)18(23)13-6-5-9-15(10-13)22(25)26/h5-6,9-10,12,14H,2-4,7-8,11H2,1H3. The first-order chi connectivity index (χ1) is 13.5. The van der Waals surface area contributed by atoms with E-state index < -0.39 is 10.9 Å². The summed E-state index contributed by atoms with van der Waals surface area (Å²) in [6, 6.07) is 5.64. The van der Waals surface area contributed by atoms with E-state index in [0.717, 1.165) is 32.1 Å². The largest absolute Gasteiger partial charge is 0.464 e. The lowest BCUT2D eigenvalue weighted by Gasteiger charge is -2.33. The molecule has 1 saturated carbocycles. The van der Waals surface area contributed by atoms with Gasteiger partial charge in [0, 0.05) is 23.7 Å². The normalized spacial score (nSPS) is 14.5. The highest BCUT2D eigenvalue weighted by atomic mass is 16.6. The maximum atomic E-state index is 13.2. The SMILES string of the molecule is COC(=O)c1coc(CN(C(=O)c2cccc([N+](=O)[O-])c2)C2CCCCC2)n1. The molecule has 0 aliphatic heterocycles. The van der Waals surface area contributed by atoms with E-state index in [-0.39, 0.29) is 41.3 Å². The molecule has 2 aromatic rings. The van der Waals surface area contributed by atoms with Gasteiger partial charge in [0.25, 0.3) is 11.6 Å². The summed E-state index contributed by atoms with van der Waals surface area (Å²) in [7, 11) is 1.25. The zero-order chi connectivity index (χ0) is 20.1. The molecule has 0 N–H and O–H groups in total. The monoisotopic (exact) mass is 387 g/mol. The van der Waals surface area contributed by atoms with Crippen molar-refractivity contribution < 1.29 is 23.7 Å². The van der Waals surface area contributed by atoms with Crippen molar-refractivity contribution in [2.24, 2.45) is 0 Å². The molecule has 1 aliphatic carbocycles. The topological polar surface area (TPSA) is 116 Å². The number of hydrogen-bond acceptors (Lipinski definition) is 7. The second kappa shape index (κ2) is 8.64. The summed E-state index contributed by atoms with van der Waals surface area (Å²) in [5.41, 5.74) is 0.127. The van der Waals surface area contributed by atoms with E-state index in [1.165, 1.54) is 31.6 Å². The number of ether oxygens (including phenoxy) is 1. The zero-order valence-corrected chi connectivity index (χ0v) is 15.5. The molecular weight excluding hydrogens is 366 g/mol. The first-order valence-electron chi connectivity index (χ1n) is 9.07. The molecule has 1 aliphatic rings. The Kier molecular flexibility index (Phi) is 6.03. The van der Waals surface area contributed by atoms with Crippen molar-refractivity contribution in [1.82, 2.24) is 9.88 Å². The van der Waals surface area contributed by atoms with Gasteiger partial charge in [-0.1, -0.05) is 25.3 Å². The van der Waals surface area contributed by atoms with Crippen molar-refractivity contribution in [3.05, 3.63) is 57.8 Å². The number of benzene rings is 1. The summed E-state index contributed by atoms with van der Waals surface area (Å²) in [5, 5.41) is 11.0. The van der Waals surface area contributed by atoms with Crippen LogP contribution in [0.4, 0.5) is 5.69 Å². The first kappa shape index (κ1) is 19.5. The minimum absolute atomic E-state index is 0.0195. The first-order valence-corrected chi connectivity index (χ1v) is 9.07. The molecule has 28 heavy (non-hydrogen) atoms. The fourth-order valence-corrected chi connectivity index (χ4v) is 3.41. The summed E-state index contributed by atoms with van der Waals surface area (Å²) in [6.45, 7) is 0.0726. The van der Waals surface area contributed by atoms with Crippen LogP contribution in [0.2, 0.25) is 0 Å². The van der Waals surface area contributed by atoms with E-state index in [9.17, 15) is 19.7 Å². The van der Waals surface area contributed by atoms with Crippen LogP contribution in [0, 0.1) is 10.1 Å². The Morgan fingerprint density at radius 1 is 1.32 bits per heavy atom. The molecule has 0 bridgehead atoms. The number of nitro benzene ring substituents is 1. The molecule has 1 aromatic heterocycles. The number of oxazole rings is 1. The number of carbonyl (C=O) groups is 2. The van der Waals surface area contributed by atoms with E-state index in [0.29, 0.717) is 0 Å². The summed E-state index contributed by atoms with van der Waals surface area (Å²) >= 11 is 0. The highest BCUT2D eigenvalue weighted by Crippen LogP contribution is 2.26. The third-order valence-corrected chi connectivity index (χ3v) is 4.83. The number of amides is 1. The van der Waals surface area contributed by atoms with Crippen molar-refractivity contribution in [2.75, 3.05) is 7.11 Å². The van der Waals surface area contributed by atoms with Gasteiger partial charge in [-0.15, -0.1) is 0 Å². The van der Waals surface area contributed by atoms with Crippen molar-refractivity contribution in [2.45, 2.75) is 44.7 Å². The van der Waals surface area contributed by atoms with Crippen LogP contribution in [0.25, 0.3) is 0 Å². The van der Waals surface area contributed by atoms with Gasteiger partial charge in [0.2, 0.25) is 5.89 Å². The molecule has 1 heterocycles. The Morgan fingerprint density at radius 2 is 2.07 bits per heavy atom. The van der Waals surface area contributed by atoms with Crippen molar-refractivity contribution in [3.63, 3.8) is 0 Å². The number of rotatable bonds is 6. The van der Waals surface area contributed by atoms with Gasteiger partial charge in [0.05, 0.1) is 18.6 Å². The summed E-state index contributed by atoms with van der Waals surface area (Å²) in [4.78, 5) is 41.0. The van der Waals surface area contributed by atoms with E-state index in [4.69, 9.17) is 4.42 Å². The molecular formula is C19H21N3O6. The predicted octanol–water partition coefficient (Wildman–Crippen LogP) is 3.34. The molecule has 1 amide bonds. The predicted molar refractivity (Wildman–Crippen MR) is 97.7 cm³/mol. The average molecular weight is 387 g/mol. The molecule has 1 aromatic carbocycles. The minimum Gasteiger partial charge on any atom is -0.464 e. The van der Waals surface area contributed by atoms with E-state index in [1.54, 1.807) is 11.0 Å². The lowest BCUT2D eigenvalue weighted by Crippen LogP contribution is -2.41. The highest BCUT2D eigenvalue weighted by molar-refractivity contribution is 5.95. The number of esters is 1. The van der Waals surface area contributed by atoms with E-state index >= 15 is 0 Å². The average Bonchev–Trinajstić information content (AvgIpc) is 3.20. The van der Waals surface area contributed by atoms with E-state index in [2.05, 4.69) is 9.72 Å². The molecule has 3 rings (SSSR count). The lowest BCUT2D eigenvalue weighted by atomic mass is 9.93. The molecule has 0 atom stereocenters. The van der Waals surface area contributed by atoms with Crippen LogP contribution in [0.15, 0.2) is 34.9 Å². The third-order valence-electron chi connectivity index (χ3n) is 4.83. The van der Waals surface area contributed by atoms with Gasteiger partial charge in [0.15, 0.2) is 5.69 Å². The minimum atomic E-state index is -0.621. The molecule has 0 unspecified atom stereocenters. The van der Waals surface area contributed by atoms with Crippen molar-refractivity contribution >= 4 is 17.6 Å². The number of carbonyl (C=O) groups excluding carboxylic acids is 2. The smallest absolute Gasteiger partial charge is 0.360 e. The number of non-ortho nitro benzene ring substituents is 1. The van der Waals surface area contributed by atoms with Crippen LogP contribution in [0.3, 0.4) is 0 Å². The molecule has 0 saturated heterocycles. The van der Waals surface area contributed by atoms with E-state index in [1.807, 2.05) is 0 Å². The van der Waals surface area contributed by atoms with Gasteiger partial charge in [-0.2, -0.15) is 0 Å². The second-order valence-electron chi connectivity index (χ2n) is 6.65. The zero-order valence-electron chi connectivity index (χ0n) is 15.5. The van der Waals surface area contributed by atoms with Crippen LogP contribution in [-0.2, 0) is 11.3 Å². The van der Waals surface area contributed by atoms with Gasteiger partial charge in [-0.3, -0.25) is 14.9 Å². The van der Waals surface area contributed by atoms with Gasteiger partial charge >= 0.3 is 5.97 Å². The van der Waals surface area contributed by atoms with Crippen LogP contribution >= 0.6 is 0 Å². The van der Waals surface area contributed by atoms with Crippen molar-refractivity contribution in [1.29, 1.82) is 0 Å². The second-order valence-corrected chi connectivity index (χ2v) is 6.65. The Labute approximate surface area is 161 Å². The maximum absolute atomic E-state index is 13.2. The fraction of sp³-hybridized carbons (Fsp3) is 0.421. The molecule has 9 nitrogen and oxygen atoms in total. The van der Waals surface area contributed by atoms with Gasteiger partial charge in [0.1, 0.15) is 6.26 Å². The van der Waals surface area contributed by atoms with Gasteiger partial charge in [-0.05, 0) is 18.9 Å². The highest BCUT2D eigenvalue weighted by Gasteiger charge is 2.29. The van der Waals surface area contributed by atoms with Crippen LogP contribution < -0.4 is 0 Å². The number of methoxy groups -OCH3 is 1. The van der Waals surface area contributed by atoms with Crippen LogP contribution in [0.1, 0.15) is 58.8 Å². The number of hydrogen-bond donors (Lipinski definition) is 0. The van der Waals surface area contributed by atoms with Gasteiger partial charge in [-0.25, -0.2) is 9.78 Å². The number of nitro groups is 1. The fourth-order valence-electron chi connectivity index (χ4n) is 3.41. The molecule has 1 fully saturated rings. The maximum Gasteiger partial charge on any atom is 0.360 e. The quantitative estimate of drug-likeness (QED) is 0.424. The molecule has 148 valence electrons. The summed E-state index contributed by atoms with van der Waals surface area (Å²) < 4.78 is 9.96. The lowest BCUT2D eigenvalue weighted by molar-refractivity contribution is -0.384. The van der Waals surface area contributed by atoms with Gasteiger partial charge < -0.3 is 14.1 Å². The summed E-state index contributed by atoms with van der Waals surface area (Å²) in [5.74, 6) is -0.734. The number of aromatic nitrogens is 1. The molecule has 0 spiro atoms. The molecule has 0 radical (unpaired) electrons. The number of nitrogens with zero attached hydrogens (tertiary/aromatic N) is 3.